The summed E-state index contributed by atoms with van der Waals surface area (Å²) in [6, 6.07) is 1.07. The van der Waals surface area contributed by atoms with E-state index in [-0.39, 0.29) is 20.3 Å². The molecule has 0 aromatic carbocycles. The van der Waals surface area contributed by atoms with E-state index in [2.05, 4.69) is 5.32 Å². The Morgan fingerprint density at radius 3 is 2.84 bits per heavy atom. The Labute approximate surface area is 119 Å². The number of nitro groups is 1. The first kappa shape index (κ1) is 14.7. The van der Waals surface area contributed by atoms with Crippen LogP contribution in [0.4, 0.5) is 5.69 Å². The predicted molar refractivity (Wildman–Crippen MR) is 72.2 cm³/mol. The first-order valence-corrected chi connectivity index (χ1v) is 8.13. The van der Waals surface area contributed by atoms with Crippen molar-refractivity contribution in [3.05, 3.63) is 20.5 Å². The number of piperazine rings is 1. The van der Waals surface area contributed by atoms with E-state index in [0.717, 1.165) is 17.4 Å². The highest BCUT2D eigenvalue weighted by molar-refractivity contribution is 7.91. The molecule has 1 aliphatic rings. The highest BCUT2D eigenvalue weighted by atomic mass is 35.5. The molecule has 2 rings (SSSR count). The van der Waals surface area contributed by atoms with Crippen LogP contribution in [0.3, 0.4) is 0 Å². The van der Waals surface area contributed by atoms with Crippen LogP contribution in [0.2, 0.25) is 4.34 Å². The van der Waals surface area contributed by atoms with Gasteiger partial charge in [-0.15, -0.1) is 11.3 Å². The third-order valence-corrected chi connectivity index (χ3v) is 6.42. The van der Waals surface area contributed by atoms with Gasteiger partial charge in [0.1, 0.15) is 4.21 Å². The molecular formula is C9H12ClN3O4S2. The van der Waals surface area contributed by atoms with E-state index >= 15 is 0 Å². The minimum atomic E-state index is -3.71. The van der Waals surface area contributed by atoms with Crippen molar-refractivity contribution in [1.82, 2.24) is 9.62 Å². The molecule has 0 bridgehead atoms. The molecule has 1 atom stereocenters. The molecule has 0 amide bonds. The largest absolute Gasteiger partial charge is 0.312 e. The van der Waals surface area contributed by atoms with E-state index in [9.17, 15) is 18.5 Å². The number of hydrogen-bond donors (Lipinski definition) is 1. The lowest BCUT2D eigenvalue weighted by atomic mass is 10.3. The minimum absolute atomic E-state index is 0.0499. The van der Waals surface area contributed by atoms with Crippen LogP contribution in [-0.2, 0) is 10.0 Å². The number of thiophene rings is 1. The Balaban J connectivity index is 2.34. The van der Waals surface area contributed by atoms with Crippen molar-refractivity contribution in [1.29, 1.82) is 0 Å². The fraction of sp³-hybridized carbons (Fsp3) is 0.556. The van der Waals surface area contributed by atoms with Crippen LogP contribution in [0.1, 0.15) is 6.92 Å². The molecule has 0 spiro atoms. The summed E-state index contributed by atoms with van der Waals surface area (Å²) < 4.78 is 25.8. The molecule has 7 nitrogen and oxygen atoms in total. The summed E-state index contributed by atoms with van der Waals surface area (Å²) >= 11 is 6.41. The molecule has 0 aliphatic carbocycles. The highest BCUT2D eigenvalue weighted by Gasteiger charge is 2.32. The smallest absolute Gasteiger partial charge is 0.300 e. The van der Waals surface area contributed by atoms with E-state index < -0.39 is 14.9 Å². The molecule has 10 heteroatoms. The molecule has 2 heterocycles. The molecule has 19 heavy (non-hydrogen) atoms. The quantitative estimate of drug-likeness (QED) is 0.667. The number of nitrogens with one attached hydrogen (secondary N) is 1. The fourth-order valence-corrected chi connectivity index (χ4v) is 5.18. The Kier molecular flexibility index (Phi) is 4.11. The van der Waals surface area contributed by atoms with Crippen LogP contribution in [0.25, 0.3) is 0 Å². The molecule has 1 saturated heterocycles. The molecule has 0 saturated carbocycles. The third kappa shape index (κ3) is 2.90. The van der Waals surface area contributed by atoms with Crippen molar-refractivity contribution >= 4 is 38.6 Å². The van der Waals surface area contributed by atoms with Crippen molar-refractivity contribution in [2.24, 2.45) is 0 Å². The first-order valence-electron chi connectivity index (χ1n) is 5.49. The van der Waals surface area contributed by atoms with Gasteiger partial charge in [-0.1, -0.05) is 11.6 Å². The molecule has 1 fully saturated rings. The SMILES string of the molecule is C[C@@H]1CN(S(=O)(=O)c2cc([N+](=O)[O-])c(Cl)s2)CCN1. The van der Waals surface area contributed by atoms with Gasteiger partial charge in [0.25, 0.3) is 15.7 Å². The molecule has 106 valence electrons. The zero-order valence-electron chi connectivity index (χ0n) is 10.00. The lowest BCUT2D eigenvalue weighted by Crippen LogP contribution is -2.51. The monoisotopic (exact) mass is 325 g/mol. The number of halogens is 1. The Morgan fingerprint density at radius 1 is 1.63 bits per heavy atom. The zero-order chi connectivity index (χ0) is 14.2. The number of sulfonamides is 1. The maximum atomic E-state index is 12.3. The van der Waals surface area contributed by atoms with Crippen molar-refractivity contribution in [3.63, 3.8) is 0 Å². The van der Waals surface area contributed by atoms with Gasteiger partial charge < -0.3 is 5.32 Å². The normalized spacial score (nSPS) is 21.5. The predicted octanol–water partition coefficient (Wildman–Crippen LogP) is 1.29. The van der Waals surface area contributed by atoms with Gasteiger partial charge >= 0.3 is 0 Å². The van der Waals surface area contributed by atoms with Gasteiger partial charge in [-0.3, -0.25) is 10.1 Å². The minimum Gasteiger partial charge on any atom is -0.312 e. The van der Waals surface area contributed by atoms with Gasteiger partial charge in [-0.25, -0.2) is 8.42 Å². The van der Waals surface area contributed by atoms with Crippen LogP contribution in [0.15, 0.2) is 10.3 Å². The number of hydrogen-bond acceptors (Lipinski definition) is 6. The summed E-state index contributed by atoms with van der Waals surface area (Å²) in [5.41, 5.74) is -0.367. The molecule has 0 radical (unpaired) electrons. The first-order chi connectivity index (χ1) is 8.82. The van der Waals surface area contributed by atoms with E-state index in [1.165, 1.54) is 4.31 Å². The summed E-state index contributed by atoms with van der Waals surface area (Å²) in [7, 11) is -3.71. The number of nitrogens with zero attached hydrogens (tertiary/aromatic N) is 2. The van der Waals surface area contributed by atoms with Crippen LogP contribution in [0.5, 0.6) is 0 Å². The van der Waals surface area contributed by atoms with Crippen LogP contribution < -0.4 is 5.32 Å². The fourth-order valence-electron chi connectivity index (χ4n) is 1.83. The second-order valence-corrected chi connectivity index (χ2v) is 8.02. The molecular weight excluding hydrogens is 314 g/mol. The van der Waals surface area contributed by atoms with Gasteiger partial charge in [0, 0.05) is 31.7 Å². The van der Waals surface area contributed by atoms with E-state index in [4.69, 9.17) is 11.6 Å². The van der Waals surface area contributed by atoms with E-state index in [1.807, 2.05) is 6.92 Å². The van der Waals surface area contributed by atoms with Crippen LogP contribution in [0, 0.1) is 10.1 Å². The highest BCUT2D eigenvalue weighted by Crippen LogP contribution is 2.37. The molecule has 1 N–H and O–H groups in total. The van der Waals surface area contributed by atoms with E-state index in [1.54, 1.807) is 0 Å². The van der Waals surface area contributed by atoms with Crippen molar-refractivity contribution in [3.8, 4) is 0 Å². The average molecular weight is 326 g/mol. The topological polar surface area (TPSA) is 92.5 Å². The van der Waals surface area contributed by atoms with Gasteiger partial charge in [-0.05, 0) is 6.92 Å². The lowest BCUT2D eigenvalue weighted by Gasteiger charge is -2.30. The maximum Gasteiger partial charge on any atom is 0.300 e. The third-order valence-electron chi connectivity index (χ3n) is 2.77. The van der Waals surface area contributed by atoms with Crippen molar-refractivity contribution in [2.45, 2.75) is 17.2 Å². The Morgan fingerprint density at radius 2 is 2.32 bits per heavy atom. The zero-order valence-corrected chi connectivity index (χ0v) is 12.4. The van der Waals surface area contributed by atoms with Crippen LogP contribution >= 0.6 is 22.9 Å². The Bertz CT molecular complexity index is 601. The van der Waals surface area contributed by atoms with Gasteiger partial charge in [0.05, 0.1) is 4.92 Å². The Hall–Kier alpha value is -0.740. The summed E-state index contributed by atoms with van der Waals surface area (Å²) in [6.07, 6.45) is 0. The molecule has 0 unspecified atom stereocenters. The van der Waals surface area contributed by atoms with Crippen LogP contribution in [-0.4, -0.2) is 43.3 Å². The van der Waals surface area contributed by atoms with Gasteiger partial charge in [0.2, 0.25) is 0 Å². The summed E-state index contributed by atoms with van der Waals surface area (Å²) in [6.45, 7) is 3.12. The second-order valence-electron chi connectivity index (χ2n) is 4.20. The molecule has 1 aromatic rings. The summed E-state index contributed by atoms with van der Waals surface area (Å²) in [5.74, 6) is 0. The summed E-state index contributed by atoms with van der Waals surface area (Å²) in [4.78, 5) is 10.0. The van der Waals surface area contributed by atoms with Crippen molar-refractivity contribution < 1.29 is 13.3 Å². The van der Waals surface area contributed by atoms with Gasteiger partial charge in [-0.2, -0.15) is 4.31 Å². The second kappa shape index (κ2) is 5.33. The molecule has 1 aromatic heterocycles. The molecule has 1 aliphatic heterocycles. The maximum absolute atomic E-state index is 12.3. The van der Waals surface area contributed by atoms with Crippen molar-refractivity contribution in [2.75, 3.05) is 19.6 Å². The summed E-state index contributed by atoms with van der Waals surface area (Å²) in [5, 5.41) is 13.8. The standard InChI is InChI=1S/C9H12ClN3O4S2/c1-6-5-12(3-2-11-6)19(16,17)8-4-7(13(14)15)9(10)18-8/h4,6,11H,2-3,5H2,1H3/t6-/m1/s1. The van der Waals surface area contributed by atoms with E-state index in [0.29, 0.717) is 19.6 Å². The van der Waals surface area contributed by atoms with Gasteiger partial charge in [0.15, 0.2) is 4.34 Å². The number of rotatable bonds is 3. The lowest BCUT2D eigenvalue weighted by molar-refractivity contribution is -0.384. The average Bonchev–Trinajstić information content (AvgIpc) is 2.72.